The molecule has 0 spiro atoms. The van der Waals surface area contributed by atoms with Crippen molar-refractivity contribution in [1.82, 2.24) is 5.32 Å². The van der Waals surface area contributed by atoms with E-state index in [0.29, 0.717) is 39.7 Å². The predicted molar refractivity (Wildman–Crippen MR) is 129 cm³/mol. The Kier molecular flexibility index (Phi) is 6.49. The van der Waals surface area contributed by atoms with Crippen molar-refractivity contribution in [2.24, 2.45) is 4.99 Å². The van der Waals surface area contributed by atoms with Crippen LogP contribution in [0.2, 0.25) is 5.02 Å². The van der Waals surface area contributed by atoms with E-state index in [1.54, 1.807) is 12.1 Å². The number of nitrogens with one attached hydrogen (secondary N) is 1. The Labute approximate surface area is 190 Å². The minimum atomic E-state index is -0.203. The van der Waals surface area contributed by atoms with Crippen LogP contribution >= 0.6 is 23.4 Å². The molecule has 4 rings (SSSR count). The summed E-state index contributed by atoms with van der Waals surface area (Å²) in [5.41, 5.74) is 1.51. The van der Waals surface area contributed by atoms with Crippen molar-refractivity contribution in [3.63, 3.8) is 0 Å². The predicted octanol–water partition coefficient (Wildman–Crippen LogP) is 6.18. The fourth-order valence-electron chi connectivity index (χ4n) is 3.26. The lowest BCUT2D eigenvalue weighted by atomic mass is 10.0. The molecule has 0 aromatic heterocycles. The van der Waals surface area contributed by atoms with E-state index in [2.05, 4.69) is 10.3 Å². The van der Waals surface area contributed by atoms with E-state index in [1.165, 1.54) is 11.8 Å². The van der Waals surface area contributed by atoms with E-state index in [-0.39, 0.29) is 5.91 Å². The smallest absolute Gasteiger partial charge is 0.264 e. The summed E-state index contributed by atoms with van der Waals surface area (Å²) in [5, 5.41) is 5.91. The lowest BCUT2D eigenvalue weighted by Crippen LogP contribution is -2.19. The van der Waals surface area contributed by atoms with E-state index < -0.39 is 0 Å². The Hall–Kier alpha value is -2.96. The Morgan fingerprint density at radius 2 is 1.87 bits per heavy atom. The summed E-state index contributed by atoms with van der Waals surface area (Å²) >= 11 is 7.32. The van der Waals surface area contributed by atoms with E-state index >= 15 is 0 Å². The number of amides is 1. The molecule has 1 saturated heterocycles. The van der Waals surface area contributed by atoms with Gasteiger partial charge in [-0.05, 0) is 78.9 Å². The third-order valence-corrected chi connectivity index (χ3v) is 5.72. The van der Waals surface area contributed by atoms with Gasteiger partial charge in [-0.1, -0.05) is 29.8 Å². The van der Waals surface area contributed by atoms with Crippen molar-refractivity contribution in [3.8, 4) is 11.5 Å². The Balaban J connectivity index is 1.75. The van der Waals surface area contributed by atoms with Gasteiger partial charge < -0.3 is 14.8 Å². The molecule has 31 heavy (non-hydrogen) atoms. The largest absolute Gasteiger partial charge is 0.494 e. The van der Waals surface area contributed by atoms with Crippen LogP contribution < -0.4 is 14.8 Å². The van der Waals surface area contributed by atoms with Gasteiger partial charge in [0.05, 0.1) is 23.8 Å². The number of hydrogen-bond acceptors (Lipinski definition) is 5. The number of aliphatic imine (C=N–C) groups is 1. The highest BCUT2D eigenvalue weighted by atomic mass is 35.5. The number of rotatable bonds is 6. The Morgan fingerprint density at radius 1 is 1.06 bits per heavy atom. The quantitative estimate of drug-likeness (QED) is 0.453. The molecule has 1 amide bonds. The second-order valence-electron chi connectivity index (χ2n) is 6.69. The molecule has 0 aliphatic carbocycles. The van der Waals surface area contributed by atoms with Crippen LogP contribution in [0.5, 0.6) is 11.5 Å². The van der Waals surface area contributed by atoms with Gasteiger partial charge in [0, 0.05) is 10.6 Å². The van der Waals surface area contributed by atoms with Gasteiger partial charge in [-0.25, -0.2) is 4.99 Å². The van der Waals surface area contributed by atoms with Gasteiger partial charge in [0.15, 0.2) is 5.17 Å². The van der Waals surface area contributed by atoms with Crippen molar-refractivity contribution in [3.05, 3.63) is 70.1 Å². The standard InChI is InChI=1S/C24H21ClN2O3S/c1-3-29-18-10-8-15-9-11-21(30-4-2)20(19(15)13-18)14-22-23(28)27-24(31-22)26-17-7-5-6-16(25)12-17/h5-14H,3-4H2,1-2H3,(H,26,27,28)/b22-14-. The molecule has 3 aromatic carbocycles. The molecule has 0 bridgehead atoms. The SMILES string of the molecule is CCOc1ccc2ccc(OCC)c(/C=C3\SC(=Nc4cccc(Cl)c4)NC3=O)c2c1. The monoisotopic (exact) mass is 452 g/mol. The fourth-order valence-corrected chi connectivity index (χ4v) is 4.27. The minimum Gasteiger partial charge on any atom is -0.494 e. The lowest BCUT2D eigenvalue weighted by molar-refractivity contribution is -0.115. The molecule has 1 aliphatic rings. The highest BCUT2D eigenvalue weighted by Gasteiger charge is 2.25. The van der Waals surface area contributed by atoms with Crippen LogP contribution in [0.15, 0.2) is 64.5 Å². The summed E-state index contributed by atoms with van der Waals surface area (Å²) in [7, 11) is 0. The van der Waals surface area contributed by atoms with Crippen LogP contribution in [-0.2, 0) is 4.79 Å². The molecule has 0 unspecified atom stereocenters. The first-order chi connectivity index (χ1) is 15.1. The van der Waals surface area contributed by atoms with Crippen LogP contribution in [0.25, 0.3) is 16.8 Å². The topological polar surface area (TPSA) is 59.9 Å². The fraction of sp³-hybridized carbons (Fsp3) is 0.167. The van der Waals surface area contributed by atoms with Crippen molar-refractivity contribution in [2.75, 3.05) is 13.2 Å². The van der Waals surface area contributed by atoms with Crippen molar-refractivity contribution in [1.29, 1.82) is 0 Å². The first-order valence-electron chi connectivity index (χ1n) is 9.95. The first kappa shape index (κ1) is 21.3. The summed E-state index contributed by atoms with van der Waals surface area (Å²) in [6.07, 6.45) is 1.85. The summed E-state index contributed by atoms with van der Waals surface area (Å²) in [6.45, 7) is 4.98. The Bertz CT molecular complexity index is 1200. The number of hydrogen-bond donors (Lipinski definition) is 1. The zero-order chi connectivity index (χ0) is 21.8. The van der Waals surface area contributed by atoms with E-state index in [1.807, 2.05) is 62.4 Å². The lowest BCUT2D eigenvalue weighted by Gasteiger charge is -2.12. The molecule has 0 saturated carbocycles. The summed E-state index contributed by atoms with van der Waals surface area (Å²) in [4.78, 5) is 17.7. The van der Waals surface area contributed by atoms with E-state index in [4.69, 9.17) is 21.1 Å². The summed E-state index contributed by atoms with van der Waals surface area (Å²) in [5.74, 6) is 1.28. The van der Waals surface area contributed by atoms with Crippen LogP contribution in [0, 0.1) is 0 Å². The van der Waals surface area contributed by atoms with Gasteiger partial charge in [0.1, 0.15) is 11.5 Å². The summed E-state index contributed by atoms with van der Waals surface area (Å²) < 4.78 is 11.5. The zero-order valence-corrected chi connectivity index (χ0v) is 18.7. The number of nitrogens with zero attached hydrogens (tertiary/aromatic N) is 1. The number of thioether (sulfide) groups is 1. The third-order valence-electron chi connectivity index (χ3n) is 4.57. The highest BCUT2D eigenvalue weighted by Crippen LogP contribution is 2.36. The number of carbonyl (C=O) groups excluding carboxylic acids is 1. The van der Waals surface area contributed by atoms with Gasteiger partial charge in [-0.2, -0.15) is 0 Å². The average molecular weight is 453 g/mol. The number of amidine groups is 1. The molecule has 158 valence electrons. The number of ether oxygens (including phenoxy) is 2. The number of halogens is 1. The molecule has 1 fully saturated rings. The van der Waals surface area contributed by atoms with Gasteiger partial charge in [0.25, 0.3) is 5.91 Å². The van der Waals surface area contributed by atoms with Gasteiger partial charge in [-0.3, -0.25) is 4.79 Å². The van der Waals surface area contributed by atoms with Crippen LogP contribution in [0.4, 0.5) is 5.69 Å². The molecule has 7 heteroatoms. The molecule has 0 radical (unpaired) electrons. The summed E-state index contributed by atoms with van der Waals surface area (Å²) in [6, 6.07) is 17.0. The molecule has 1 N–H and O–H groups in total. The number of carbonyl (C=O) groups is 1. The van der Waals surface area contributed by atoms with Gasteiger partial charge in [0.2, 0.25) is 0 Å². The van der Waals surface area contributed by atoms with Crippen molar-refractivity contribution in [2.45, 2.75) is 13.8 Å². The normalized spacial score (nSPS) is 16.2. The van der Waals surface area contributed by atoms with Crippen molar-refractivity contribution >= 4 is 57.0 Å². The Morgan fingerprint density at radius 3 is 2.65 bits per heavy atom. The van der Waals surface area contributed by atoms with Gasteiger partial charge in [-0.15, -0.1) is 0 Å². The van der Waals surface area contributed by atoms with Crippen LogP contribution in [0.1, 0.15) is 19.4 Å². The number of benzene rings is 3. The molecular weight excluding hydrogens is 432 g/mol. The van der Waals surface area contributed by atoms with Crippen LogP contribution in [-0.4, -0.2) is 24.3 Å². The zero-order valence-electron chi connectivity index (χ0n) is 17.1. The molecule has 0 atom stereocenters. The maximum Gasteiger partial charge on any atom is 0.264 e. The molecular formula is C24H21ClN2O3S. The minimum absolute atomic E-state index is 0.203. The van der Waals surface area contributed by atoms with E-state index in [9.17, 15) is 4.79 Å². The molecule has 5 nitrogen and oxygen atoms in total. The molecule has 3 aromatic rings. The highest BCUT2D eigenvalue weighted by molar-refractivity contribution is 8.18. The molecule has 1 heterocycles. The second kappa shape index (κ2) is 9.45. The maximum atomic E-state index is 12.6. The second-order valence-corrected chi connectivity index (χ2v) is 8.16. The van der Waals surface area contributed by atoms with E-state index in [0.717, 1.165) is 22.1 Å². The third kappa shape index (κ3) is 4.86. The van der Waals surface area contributed by atoms with Crippen molar-refractivity contribution < 1.29 is 14.3 Å². The van der Waals surface area contributed by atoms with Gasteiger partial charge >= 0.3 is 0 Å². The first-order valence-corrected chi connectivity index (χ1v) is 11.1. The maximum absolute atomic E-state index is 12.6. The molecule has 1 aliphatic heterocycles. The number of fused-ring (bicyclic) bond motifs is 1. The van der Waals surface area contributed by atoms with Crippen LogP contribution in [0.3, 0.4) is 0 Å². The average Bonchev–Trinajstić information content (AvgIpc) is 3.09.